The summed E-state index contributed by atoms with van der Waals surface area (Å²) >= 11 is 1.56. The Labute approximate surface area is 153 Å². The molecule has 0 heterocycles. The van der Waals surface area contributed by atoms with Crippen molar-refractivity contribution in [2.45, 2.75) is 26.0 Å². The fourth-order valence-corrected chi connectivity index (χ4v) is 3.24. The van der Waals surface area contributed by atoms with E-state index in [1.54, 1.807) is 30.0 Å². The molecule has 2 amide bonds. The SMILES string of the molecule is CCCNC(=O)c1ccccc1NC(=O)CSCc1ccccc1C. The van der Waals surface area contributed by atoms with Crippen LogP contribution < -0.4 is 10.6 Å². The minimum absolute atomic E-state index is 0.102. The molecule has 2 N–H and O–H groups in total. The highest BCUT2D eigenvalue weighted by molar-refractivity contribution is 7.99. The first-order valence-corrected chi connectivity index (χ1v) is 9.56. The minimum atomic E-state index is -0.162. The predicted octanol–water partition coefficient (Wildman–Crippen LogP) is 4.01. The average molecular weight is 356 g/mol. The van der Waals surface area contributed by atoms with E-state index >= 15 is 0 Å². The number of thioether (sulfide) groups is 1. The van der Waals surface area contributed by atoms with E-state index in [4.69, 9.17) is 0 Å². The van der Waals surface area contributed by atoms with Crippen LogP contribution in [0.4, 0.5) is 5.69 Å². The maximum Gasteiger partial charge on any atom is 0.253 e. The third-order valence-corrected chi connectivity index (χ3v) is 4.71. The van der Waals surface area contributed by atoms with E-state index in [-0.39, 0.29) is 11.8 Å². The molecule has 5 heteroatoms. The van der Waals surface area contributed by atoms with Crippen molar-refractivity contribution in [1.29, 1.82) is 0 Å². The van der Waals surface area contributed by atoms with Gasteiger partial charge in [-0.1, -0.05) is 43.3 Å². The van der Waals surface area contributed by atoms with Crippen LogP contribution in [0.2, 0.25) is 0 Å². The molecule has 0 saturated heterocycles. The lowest BCUT2D eigenvalue weighted by atomic mass is 10.1. The molecule has 132 valence electrons. The molecule has 0 bridgehead atoms. The second kappa shape index (κ2) is 9.89. The molecule has 0 saturated carbocycles. The van der Waals surface area contributed by atoms with E-state index in [1.807, 2.05) is 25.1 Å². The zero-order valence-electron chi connectivity index (χ0n) is 14.7. The number of para-hydroxylation sites is 1. The van der Waals surface area contributed by atoms with Gasteiger partial charge in [-0.3, -0.25) is 9.59 Å². The monoisotopic (exact) mass is 356 g/mol. The van der Waals surface area contributed by atoms with Gasteiger partial charge in [-0.2, -0.15) is 0 Å². The number of rotatable bonds is 8. The van der Waals surface area contributed by atoms with Crippen LogP contribution in [0.1, 0.15) is 34.8 Å². The molecule has 25 heavy (non-hydrogen) atoms. The van der Waals surface area contributed by atoms with Gasteiger partial charge in [-0.05, 0) is 36.6 Å². The molecular weight excluding hydrogens is 332 g/mol. The number of nitrogens with one attached hydrogen (secondary N) is 2. The molecule has 2 aromatic rings. The Hall–Kier alpha value is -2.27. The lowest BCUT2D eigenvalue weighted by Gasteiger charge is -2.11. The van der Waals surface area contributed by atoms with Gasteiger partial charge in [-0.15, -0.1) is 11.8 Å². The van der Waals surface area contributed by atoms with Gasteiger partial charge in [0.2, 0.25) is 5.91 Å². The van der Waals surface area contributed by atoms with Gasteiger partial charge in [0.05, 0.1) is 17.0 Å². The summed E-state index contributed by atoms with van der Waals surface area (Å²) in [5.41, 5.74) is 3.51. The van der Waals surface area contributed by atoms with Crippen molar-refractivity contribution in [3.8, 4) is 0 Å². The maximum absolute atomic E-state index is 12.2. The zero-order valence-corrected chi connectivity index (χ0v) is 15.5. The molecule has 0 radical (unpaired) electrons. The Morgan fingerprint density at radius 1 is 1.04 bits per heavy atom. The van der Waals surface area contributed by atoms with Gasteiger partial charge >= 0.3 is 0 Å². The van der Waals surface area contributed by atoms with Gasteiger partial charge < -0.3 is 10.6 Å². The molecule has 0 aromatic heterocycles. The molecule has 0 aliphatic carbocycles. The highest BCUT2D eigenvalue weighted by Crippen LogP contribution is 2.18. The second-order valence-electron chi connectivity index (χ2n) is 5.77. The normalized spacial score (nSPS) is 10.3. The Balaban J connectivity index is 1.90. The first-order chi connectivity index (χ1) is 12.1. The standard InChI is InChI=1S/C20H24N2O2S/c1-3-12-21-20(24)17-10-6-7-11-18(17)22-19(23)14-25-13-16-9-5-4-8-15(16)2/h4-11H,3,12-14H2,1-2H3,(H,21,24)(H,22,23). The van der Waals surface area contributed by atoms with Crippen molar-refractivity contribution in [1.82, 2.24) is 5.32 Å². The smallest absolute Gasteiger partial charge is 0.253 e. The van der Waals surface area contributed by atoms with Crippen molar-refractivity contribution >= 4 is 29.3 Å². The van der Waals surface area contributed by atoms with Crippen molar-refractivity contribution in [3.05, 3.63) is 65.2 Å². The topological polar surface area (TPSA) is 58.2 Å². The number of aryl methyl sites for hydroxylation is 1. The number of amides is 2. The number of hydrogen-bond donors (Lipinski definition) is 2. The first kappa shape index (κ1) is 19.1. The van der Waals surface area contributed by atoms with Gasteiger partial charge in [0.25, 0.3) is 5.91 Å². The average Bonchev–Trinajstić information content (AvgIpc) is 2.62. The van der Waals surface area contributed by atoms with Crippen LogP contribution in [0.3, 0.4) is 0 Å². The van der Waals surface area contributed by atoms with Gasteiger partial charge in [0.15, 0.2) is 0 Å². The van der Waals surface area contributed by atoms with Gasteiger partial charge in [0, 0.05) is 12.3 Å². The second-order valence-corrected chi connectivity index (χ2v) is 6.75. The quantitative estimate of drug-likeness (QED) is 0.751. The number of hydrogen-bond acceptors (Lipinski definition) is 3. The Morgan fingerprint density at radius 3 is 2.52 bits per heavy atom. The van der Waals surface area contributed by atoms with Gasteiger partial charge in [-0.25, -0.2) is 0 Å². The van der Waals surface area contributed by atoms with E-state index in [0.717, 1.165) is 12.2 Å². The Kier molecular flexibility index (Phi) is 7.54. The summed E-state index contributed by atoms with van der Waals surface area (Å²) < 4.78 is 0. The molecular formula is C20H24N2O2S. The van der Waals surface area contributed by atoms with E-state index in [0.29, 0.717) is 23.5 Å². The van der Waals surface area contributed by atoms with E-state index in [1.165, 1.54) is 11.1 Å². The summed E-state index contributed by atoms with van der Waals surface area (Å²) in [6, 6.07) is 15.3. The highest BCUT2D eigenvalue weighted by atomic mass is 32.2. The lowest BCUT2D eigenvalue weighted by Crippen LogP contribution is -2.26. The predicted molar refractivity (Wildman–Crippen MR) is 105 cm³/mol. The largest absolute Gasteiger partial charge is 0.352 e. The van der Waals surface area contributed by atoms with Crippen molar-refractivity contribution in [2.75, 3.05) is 17.6 Å². The van der Waals surface area contributed by atoms with Crippen LogP contribution in [0, 0.1) is 6.92 Å². The summed E-state index contributed by atoms with van der Waals surface area (Å²) in [5.74, 6) is 0.873. The van der Waals surface area contributed by atoms with Crippen LogP contribution in [-0.2, 0) is 10.5 Å². The zero-order chi connectivity index (χ0) is 18.1. The number of benzene rings is 2. The van der Waals surface area contributed by atoms with Crippen LogP contribution in [0.15, 0.2) is 48.5 Å². The van der Waals surface area contributed by atoms with Crippen molar-refractivity contribution < 1.29 is 9.59 Å². The Morgan fingerprint density at radius 2 is 1.76 bits per heavy atom. The van der Waals surface area contributed by atoms with Crippen LogP contribution >= 0.6 is 11.8 Å². The first-order valence-electron chi connectivity index (χ1n) is 8.41. The molecule has 2 aromatic carbocycles. The molecule has 0 fully saturated rings. The third kappa shape index (κ3) is 5.94. The Bertz CT molecular complexity index is 731. The molecule has 0 aliphatic rings. The van der Waals surface area contributed by atoms with E-state index < -0.39 is 0 Å². The molecule has 2 rings (SSSR count). The number of anilines is 1. The minimum Gasteiger partial charge on any atom is -0.352 e. The summed E-state index contributed by atoms with van der Waals surface area (Å²) in [6.07, 6.45) is 0.871. The number of carbonyl (C=O) groups excluding carboxylic acids is 2. The van der Waals surface area contributed by atoms with Crippen molar-refractivity contribution in [2.24, 2.45) is 0 Å². The molecule has 4 nitrogen and oxygen atoms in total. The molecule has 0 unspecified atom stereocenters. The number of carbonyl (C=O) groups is 2. The molecule has 0 atom stereocenters. The molecule has 0 spiro atoms. The van der Waals surface area contributed by atoms with Crippen LogP contribution in [0.5, 0.6) is 0 Å². The fraction of sp³-hybridized carbons (Fsp3) is 0.300. The third-order valence-electron chi connectivity index (χ3n) is 3.73. The highest BCUT2D eigenvalue weighted by Gasteiger charge is 2.12. The maximum atomic E-state index is 12.2. The summed E-state index contributed by atoms with van der Waals surface area (Å²) in [5, 5.41) is 5.69. The lowest BCUT2D eigenvalue weighted by molar-refractivity contribution is -0.113. The summed E-state index contributed by atoms with van der Waals surface area (Å²) in [7, 11) is 0. The van der Waals surface area contributed by atoms with Crippen molar-refractivity contribution in [3.63, 3.8) is 0 Å². The van der Waals surface area contributed by atoms with Gasteiger partial charge in [0.1, 0.15) is 0 Å². The van der Waals surface area contributed by atoms with Crippen LogP contribution in [0.25, 0.3) is 0 Å². The van der Waals surface area contributed by atoms with E-state index in [9.17, 15) is 9.59 Å². The summed E-state index contributed by atoms with van der Waals surface area (Å²) in [6.45, 7) is 4.69. The van der Waals surface area contributed by atoms with E-state index in [2.05, 4.69) is 29.7 Å². The van der Waals surface area contributed by atoms with Crippen LogP contribution in [-0.4, -0.2) is 24.1 Å². The fourth-order valence-electron chi connectivity index (χ4n) is 2.34. The summed E-state index contributed by atoms with van der Waals surface area (Å²) in [4.78, 5) is 24.4. The molecule has 0 aliphatic heterocycles.